The van der Waals surface area contributed by atoms with Crippen LogP contribution in [0.5, 0.6) is 0 Å². The standard InChI is InChI=1S/C16H27N3S/c1-3-14-11-17-15(20-14)13(2)19-10-6-9-18-16(12-19)7-4-5-8-16/h11,13,18H,3-10,12H2,1-2H3. The maximum absolute atomic E-state index is 4.66. The zero-order chi connectivity index (χ0) is 14.0. The number of nitrogens with one attached hydrogen (secondary N) is 1. The summed E-state index contributed by atoms with van der Waals surface area (Å²) in [7, 11) is 0. The summed E-state index contributed by atoms with van der Waals surface area (Å²) < 4.78 is 0. The second kappa shape index (κ2) is 6.12. The summed E-state index contributed by atoms with van der Waals surface area (Å²) >= 11 is 1.90. The van der Waals surface area contributed by atoms with E-state index < -0.39 is 0 Å². The molecule has 1 N–H and O–H groups in total. The van der Waals surface area contributed by atoms with Crippen LogP contribution in [-0.2, 0) is 6.42 Å². The van der Waals surface area contributed by atoms with Gasteiger partial charge < -0.3 is 5.32 Å². The molecule has 2 heterocycles. The number of rotatable bonds is 3. The maximum Gasteiger partial charge on any atom is 0.110 e. The van der Waals surface area contributed by atoms with Crippen molar-refractivity contribution in [1.82, 2.24) is 15.2 Å². The van der Waals surface area contributed by atoms with Crippen molar-refractivity contribution in [2.24, 2.45) is 0 Å². The number of aromatic nitrogens is 1. The average Bonchev–Trinajstić information content (AvgIpc) is 3.05. The van der Waals surface area contributed by atoms with Gasteiger partial charge in [-0.15, -0.1) is 11.3 Å². The van der Waals surface area contributed by atoms with Crippen LogP contribution in [0.3, 0.4) is 0 Å². The molecule has 3 nitrogen and oxygen atoms in total. The van der Waals surface area contributed by atoms with Gasteiger partial charge >= 0.3 is 0 Å². The molecule has 2 aliphatic rings. The minimum Gasteiger partial charge on any atom is -0.310 e. The molecule has 1 spiro atoms. The molecule has 0 aromatic carbocycles. The normalized spacial score (nSPS) is 24.9. The molecule has 20 heavy (non-hydrogen) atoms. The molecule has 1 aliphatic carbocycles. The molecule has 0 radical (unpaired) electrons. The van der Waals surface area contributed by atoms with Crippen molar-refractivity contribution in [3.05, 3.63) is 16.1 Å². The van der Waals surface area contributed by atoms with Crippen molar-refractivity contribution < 1.29 is 0 Å². The summed E-state index contributed by atoms with van der Waals surface area (Å²) in [5.74, 6) is 0. The number of thiazole rings is 1. The van der Waals surface area contributed by atoms with E-state index in [1.54, 1.807) is 0 Å². The van der Waals surface area contributed by atoms with Gasteiger partial charge in [0.2, 0.25) is 0 Å². The lowest BCUT2D eigenvalue weighted by Gasteiger charge is -2.35. The van der Waals surface area contributed by atoms with Gasteiger partial charge in [0.05, 0.1) is 6.04 Å². The lowest BCUT2D eigenvalue weighted by molar-refractivity contribution is 0.165. The topological polar surface area (TPSA) is 28.2 Å². The molecule has 1 unspecified atom stereocenters. The van der Waals surface area contributed by atoms with E-state index in [0.717, 1.165) is 6.42 Å². The fraction of sp³-hybridized carbons (Fsp3) is 0.812. The summed E-state index contributed by atoms with van der Waals surface area (Å²) in [6.45, 7) is 8.14. The quantitative estimate of drug-likeness (QED) is 0.926. The number of aryl methyl sites for hydroxylation is 1. The SMILES string of the molecule is CCc1cnc(C(C)N2CCCNC3(CCCC3)C2)s1. The average molecular weight is 293 g/mol. The number of hydrogen-bond acceptors (Lipinski definition) is 4. The van der Waals surface area contributed by atoms with Gasteiger partial charge in [0, 0.05) is 29.7 Å². The van der Waals surface area contributed by atoms with Crippen LogP contribution in [0.25, 0.3) is 0 Å². The van der Waals surface area contributed by atoms with E-state index in [1.807, 2.05) is 11.3 Å². The van der Waals surface area contributed by atoms with Gasteiger partial charge in [-0.2, -0.15) is 0 Å². The van der Waals surface area contributed by atoms with E-state index in [4.69, 9.17) is 0 Å². The molecule has 1 saturated heterocycles. The predicted molar refractivity (Wildman–Crippen MR) is 85.3 cm³/mol. The molecule has 2 fully saturated rings. The van der Waals surface area contributed by atoms with Gasteiger partial charge in [-0.3, -0.25) is 4.90 Å². The maximum atomic E-state index is 4.66. The van der Waals surface area contributed by atoms with Crippen LogP contribution in [0.4, 0.5) is 0 Å². The lowest BCUT2D eigenvalue weighted by Crippen LogP contribution is -2.49. The van der Waals surface area contributed by atoms with E-state index in [2.05, 4.69) is 35.2 Å². The van der Waals surface area contributed by atoms with Gasteiger partial charge in [-0.05, 0) is 39.2 Å². The zero-order valence-electron chi connectivity index (χ0n) is 12.8. The Balaban J connectivity index is 1.73. The van der Waals surface area contributed by atoms with E-state index in [9.17, 15) is 0 Å². The highest BCUT2D eigenvalue weighted by Gasteiger charge is 2.37. The molecular weight excluding hydrogens is 266 g/mol. The smallest absolute Gasteiger partial charge is 0.110 e. The van der Waals surface area contributed by atoms with Gasteiger partial charge in [0.15, 0.2) is 0 Å². The summed E-state index contributed by atoms with van der Waals surface area (Å²) in [5, 5.41) is 5.15. The third-order valence-corrected chi connectivity index (χ3v) is 6.33. The van der Waals surface area contributed by atoms with Gasteiger partial charge in [0.25, 0.3) is 0 Å². The van der Waals surface area contributed by atoms with Gasteiger partial charge in [0.1, 0.15) is 5.01 Å². The molecule has 3 rings (SSSR count). The molecular formula is C16H27N3S. The Morgan fingerprint density at radius 3 is 2.90 bits per heavy atom. The van der Waals surface area contributed by atoms with Crippen LogP contribution in [0.1, 0.15) is 61.9 Å². The van der Waals surface area contributed by atoms with E-state index >= 15 is 0 Å². The van der Waals surface area contributed by atoms with E-state index in [1.165, 1.54) is 61.6 Å². The fourth-order valence-corrected chi connectivity index (χ4v) is 4.66. The minimum atomic E-state index is 0.398. The number of nitrogens with zero attached hydrogens (tertiary/aromatic N) is 2. The van der Waals surface area contributed by atoms with Crippen LogP contribution in [0, 0.1) is 0 Å². The minimum absolute atomic E-state index is 0.398. The second-order valence-corrected chi connectivity index (χ2v) is 7.58. The Bertz CT molecular complexity index is 437. The van der Waals surface area contributed by atoms with Crippen molar-refractivity contribution in [2.75, 3.05) is 19.6 Å². The molecule has 4 heteroatoms. The Labute approximate surface area is 126 Å². The molecule has 1 aliphatic heterocycles. The van der Waals surface area contributed by atoms with E-state index in [0.29, 0.717) is 11.6 Å². The van der Waals surface area contributed by atoms with Crippen LogP contribution >= 0.6 is 11.3 Å². The van der Waals surface area contributed by atoms with Crippen molar-refractivity contribution in [2.45, 2.75) is 64.0 Å². The van der Waals surface area contributed by atoms with Crippen molar-refractivity contribution in [3.63, 3.8) is 0 Å². The summed E-state index contributed by atoms with van der Waals surface area (Å²) in [6.07, 6.45) is 9.94. The highest BCUT2D eigenvalue weighted by Crippen LogP contribution is 2.35. The Kier molecular flexibility index (Phi) is 4.43. The van der Waals surface area contributed by atoms with Crippen molar-refractivity contribution in [3.8, 4) is 0 Å². The first kappa shape index (κ1) is 14.5. The first-order valence-corrected chi connectivity index (χ1v) is 8.98. The van der Waals surface area contributed by atoms with Gasteiger partial charge in [-0.1, -0.05) is 19.8 Å². The third kappa shape index (κ3) is 2.92. The van der Waals surface area contributed by atoms with Crippen LogP contribution in [0.15, 0.2) is 6.20 Å². The molecule has 1 saturated carbocycles. The van der Waals surface area contributed by atoms with Gasteiger partial charge in [-0.25, -0.2) is 4.98 Å². The van der Waals surface area contributed by atoms with Crippen molar-refractivity contribution >= 4 is 11.3 Å². The molecule has 112 valence electrons. The monoisotopic (exact) mass is 293 g/mol. The molecule has 1 aromatic heterocycles. The zero-order valence-corrected chi connectivity index (χ0v) is 13.6. The Hall–Kier alpha value is -0.450. The van der Waals surface area contributed by atoms with Crippen LogP contribution < -0.4 is 5.32 Å². The predicted octanol–water partition coefficient (Wildman–Crippen LogP) is 3.37. The summed E-state index contributed by atoms with van der Waals surface area (Å²) in [6, 6.07) is 0.470. The molecule has 1 atom stereocenters. The third-order valence-electron chi connectivity index (χ3n) is 5.01. The van der Waals surface area contributed by atoms with Crippen LogP contribution in [-0.4, -0.2) is 35.1 Å². The summed E-state index contributed by atoms with van der Waals surface area (Å²) in [4.78, 5) is 8.75. The first-order valence-electron chi connectivity index (χ1n) is 8.16. The number of hydrogen-bond donors (Lipinski definition) is 1. The van der Waals surface area contributed by atoms with Crippen molar-refractivity contribution in [1.29, 1.82) is 0 Å². The largest absolute Gasteiger partial charge is 0.310 e. The summed E-state index contributed by atoms with van der Waals surface area (Å²) in [5.41, 5.74) is 0.398. The van der Waals surface area contributed by atoms with Crippen LogP contribution in [0.2, 0.25) is 0 Å². The highest BCUT2D eigenvalue weighted by molar-refractivity contribution is 7.11. The Morgan fingerprint density at radius 1 is 1.40 bits per heavy atom. The highest BCUT2D eigenvalue weighted by atomic mass is 32.1. The molecule has 0 bridgehead atoms. The fourth-order valence-electron chi connectivity index (χ4n) is 3.71. The first-order chi connectivity index (χ1) is 9.72. The molecule has 0 amide bonds. The second-order valence-electron chi connectivity index (χ2n) is 6.43. The lowest BCUT2D eigenvalue weighted by atomic mass is 9.96. The molecule has 1 aromatic rings. The van der Waals surface area contributed by atoms with E-state index in [-0.39, 0.29) is 0 Å². The Morgan fingerprint density at radius 2 is 2.20 bits per heavy atom.